The average molecular weight is 281 g/mol. The molecule has 0 aliphatic carbocycles. The molecule has 0 radical (unpaired) electrons. The van der Waals surface area contributed by atoms with Crippen LogP contribution in [0.15, 0.2) is 15.2 Å². The van der Waals surface area contributed by atoms with Crippen LogP contribution in [0.3, 0.4) is 0 Å². The van der Waals surface area contributed by atoms with Crippen molar-refractivity contribution in [3.63, 3.8) is 0 Å². The first-order chi connectivity index (χ1) is 8.36. The minimum Gasteiger partial charge on any atom is -1.00 e. The molecule has 1 heterocycles. The fraction of sp³-hybridized carbons (Fsp3) is 0.200. The first-order valence-electron chi connectivity index (χ1n) is 4.73. The number of carboxylic acid groups (broad SMARTS) is 1. The van der Waals surface area contributed by atoms with E-state index in [1.807, 2.05) is 9.97 Å². The normalized spacial score (nSPS) is 10.5. The van der Waals surface area contributed by atoms with Crippen molar-refractivity contribution in [1.82, 2.24) is 9.97 Å². The largest absolute Gasteiger partial charge is 2.00 e. The van der Waals surface area contributed by atoms with Crippen LogP contribution in [0.2, 0.25) is 0 Å². The molecule has 0 fully saturated rings. The molecule has 0 bridgehead atoms. The molecule has 100 valence electrons. The van der Waals surface area contributed by atoms with E-state index < -0.39 is 28.9 Å². The zero-order valence-corrected chi connectivity index (χ0v) is 11.7. The van der Waals surface area contributed by atoms with Gasteiger partial charge >= 0.3 is 40.7 Å². The van der Waals surface area contributed by atoms with Crippen LogP contribution in [-0.4, -0.2) is 57.2 Å². The number of ether oxygens (including phenoxy) is 1. The van der Waals surface area contributed by atoms with Gasteiger partial charge in [0.2, 0.25) is 0 Å². The summed E-state index contributed by atoms with van der Waals surface area (Å²) in [5, 5.41) is 8.85. The Bertz CT molecular complexity index is 652. The summed E-state index contributed by atoms with van der Waals surface area (Å²) in [7, 11) is 1.15. The molecule has 19 heavy (non-hydrogen) atoms. The summed E-state index contributed by atoms with van der Waals surface area (Å²) in [6.07, 6.45) is 1.03. The van der Waals surface area contributed by atoms with Gasteiger partial charge in [-0.15, -0.1) is 0 Å². The van der Waals surface area contributed by atoms with Gasteiger partial charge in [0.1, 0.15) is 5.69 Å². The summed E-state index contributed by atoms with van der Waals surface area (Å²) < 4.78 is 4.41. The van der Waals surface area contributed by atoms with Crippen LogP contribution in [0.25, 0.3) is 6.08 Å². The number of aromatic amines is 2. The minimum atomic E-state index is -1.48. The van der Waals surface area contributed by atoms with E-state index in [9.17, 15) is 19.2 Å². The van der Waals surface area contributed by atoms with Crippen molar-refractivity contribution in [2.24, 2.45) is 0 Å². The van der Waals surface area contributed by atoms with Crippen LogP contribution in [0, 0.1) is 0 Å². The third-order valence-corrected chi connectivity index (χ3v) is 2.06. The second kappa shape index (κ2) is 6.90. The molecule has 0 atom stereocenters. The molecule has 0 saturated heterocycles. The van der Waals surface area contributed by atoms with E-state index in [0.717, 1.165) is 13.2 Å². The van der Waals surface area contributed by atoms with E-state index in [1.54, 1.807) is 0 Å². The zero-order chi connectivity index (χ0) is 13.9. The summed E-state index contributed by atoms with van der Waals surface area (Å²) in [5.74, 6) is -2.20. The van der Waals surface area contributed by atoms with Gasteiger partial charge in [-0.25, -0.2) is 14.4 Å². The van der Waals surface area contributed by atoms with Crippen molar-refractivity contribution in [3.8, 4) is 0 Å². The molecule has 0 aromatic carbocycles. The molecule has 0 aliphatic heterocycles. The number of H-pyrrole nitrogens is 2. The summed E-state index contributed by atoms with van der Waals surface area (Å²) in [5.41, 5.74) is -2.74. The number of hydrogen-bond donors (Lipinski definition) is 3. The van der Waals surface area contributed by atoms with Gasteiger partial charge < -0.3 is 17.7 Å². The Hall–Kier alpha value is -1.87. The van der Waals surface area contributed by atoms with Gasteiger partial charge in [0.25, 0.3) is 5.56 Å². The number of nitrogens with one attached hydrogen (secondary N) is 2. The molecule has 1 rings (SSSR count). The molecule has 9 heteroatoms. The smallest absolute Gasteiger partial charge is 1.00 e. The number of methoxy groups -OCH3 is 1. The third-order valence-electron chi connectivity index (χ3n) is 2.06. The Labute approximate surface area is 125 Å². The second-order valence-electron chi connectivity index (χ2n) is 3.32. The molecular weight excluding hydrogens is 268 g/mol. The first-order valence-corrected chi connectivity index (χ1v) is 4.73. The van der Waals surface area contributed by atoms with Crippen molar-refractivity contribution in [3.05, 3.63) is 37.7 Å². The molecule has 1 aromatic heterocycles. The number of carbonyl (C=O) groups is 2. The number of aromatic carboxylic acids is 1. The van der Waals surface area contributed by atoms with Crippen LogP contribution in [0.1, 0.15) is 25.8 Å². The molecule has 0 spiro atoms. The fourth-order valence-corrected chi connectivity index (χ4v) is 1.24. The Morgan fingerprint density at radius 1 is 1.32 bits per heavy atom. The average Bonchev–Trinajstić information content (AvgIpc) is 2.30. The standard InChI is InChI=1S/C10H10N2O6.Mg.2H/c1-4(9(16)18-2)3-5-6(8(14)15)11-10(17)12-7(5)13;;;/h3H,1-2H3,(H,14,15)(H2,11,12,13,17);;;/q;+2;2*-1. The van der Waals surface area contributed by atoms with Crippen molar-refractivity contribution < 1.29 is 22.3 Å². The van der Waals surface area contributed by atoms with Crippen molar-refractivity contribution in [1.29, 1.82) is 0 Å². The summed E-state index contributed by atoms with van der Waals surface area (Å²) >= 11 is 0. The summed E-state index contributed by atoms with van der Waals surface area (Å²) in [6, 6.07) is 0. The van der Waals surface area contributed by atoms with Gasteiger partial charge in [0.15, 0.2) is 0 Å². The Morgan fingerprint density at radius 2 is 1.89 bits per heavy atom. The molecule has 0 aliphatic rings. The van der Waals surface area contributed by atoms with E-state index in [1.165, 1.54) is 6.92 Å². The van der Waals surface area contributed by atoms with Crippen LogP contribution in [0.5, 0.6) is 0 Å². The van der Waals surface area contributed by atoms with Crippen LogP contribution in [0.4, 0.5) is 0 Å². The van der Waals surface area contributed by atoms with Crippen molar-refractivity contribution in [2.75, 3.05) is 7.11 Å². The molecule has 1 aromatic rings. The molecular formula is C10H12MgN2O6. The molecule has 0 amide bonds. The van der Waals surface area contributed by atoms with Crippen molar-refractivity contribution in [2.45, 2.75) is 6.92 Å². The van der Waals surface area contributed by atoms with E-state index in [-0.39, 0.29) is 37.0 Å². The number of hydrogen-bond acceptors (Lipinski definition) is 5. The Morgan fingerprint density at radius 3 is 2.37 bits per heavy atom. The van der Waals surface area contributed by atoms with Gasteiger partial charge in [-0.1, -0.05) is 0 Å². The maximum absolute atomic E-state index is 11.5. The van der Waals surface area contributed by atoms with Gasteiger partial charge in [-0.05, 0) is 13.0 Å². The van der Waals surface area contributed by atoms with Gasteiger partial charge in [0, 0.05) is 5.57 Å². The van der Waals surface area contributed by atoms with E-state index in [4.69, 9.17) is 5.11 Å². The van der Waals surface area contributed by atoms with Crippen LogP contribution >= 0.6 is 0 Å². The topological polar surface area (TPSA) is 129 Å². The van der Waals surface area contributed by atoms with Crippen LogP contribution < -0.4 is 11.2 Å². The second-order valence-corrected chi connectivity index (χ2v) is 3.32. The molecule has 3 N–H and O–H groups in total. The van der Waals surface area contributed by atoms with Gasteiger partial charge in [0.05, 0.1) is 12.7 Å². The number of esters is 1. The predicted molar refractivity (Wildman–Crippen MR) is 68.3 cm³/mol. The van der Waals surface area contributed by atoms with E-state index in [0.29, 0.717) is 0 Å². The third kappa shape index (κ3) is 4.07. The quantitative estimate of drug-likeness (QED) is 0.377. The number of carbonyl (C=O) groups excluding carboxylic acids is 1. The summed E-state index contributed by atoms with van der Waals surface area (Å²) in [6.45, 7) is 1.35. The van der Waals surface area contributed by atoms with Crippen molar-refractivity contribution >= 4 is 41.1 Å². The van der Waals surface area contributed by atoms with Gasteiger partial charge in [-0.3, -0.25) is 9.78 Å². The predicted octanol–water partition coefficient (Wildman–Crippen LogP) is -0.818. The Balaban J connectivity index is -0.00000108. The number of rotatable bonds is 3. The zero-order valence-electron chi connectivity index (χ0n) is 12.3. The van der Waals surface area contributed by atoms with E-state index >= 15 is 0 Å². The SMILES string of the molecule is COC(=O)C(C)=Cc1c(C(=O)O)[nH]c(=O)[nH]c1=O.[H-].[H-].[Mg+2]. The number of aromatic nitrogens is 2. The first kappa shape index (κ1) is 17.1. The minimum absolute atomic E-state index is 0. The Kier molecular flexibility index (Phi) is 6.22. The summed E-state index contributed by atoms with van der Waals surface area (Å²) in [4.78, 5) is 48.3. The molecule has 0 saturated carbocycles. The number of carboxylic acids is 1. The molecule has 0 unspecified atom stereocenters. The maximum Gasteiger partial charge on any atom is 2.00 e. The van der Waals surface area contributed by atoms with Gasteiger partial charge in [-0.2, -0.15) is 0 Å². The monoisotopic (exact) mass is 280 g/mol. The molecule has 8 nitrogen and oxygen atoms in total. The van der Waals surface area contributed by atoms with Crippen LogP contribution in [-0.2, 0) is 9.53 Å². The fourth-order valence-electron chi connectivity index (χ4n) is 1.24. The maximum atomic E-state index is 11.5. The van der Waals surface area contributed by atoms with E-state index in [2.05, 4.69) is 4.74 Å².